The molecule has 3 rings (SSSR count). The summed E-state index contributed by atoms with van der Waals surface area (Å²) in [5.74, 6) is 1.14. The zero-order valence-corrected chi connectivity index (χ0v) is 24.3. The molecule has 37 heavy (non-hydrogen) atoms. The molecule has 0 aliphatic carbocycles. The highest BCUT2D eigenvalue weighted by Gasteiger charge is 2.37. The van der Waals surface area contributed by atoms with Gasteiger partial charge in [0.05, 0.1) is 18.5 Å². The molecule has 0 saturated heterocycles. The van der Waals surface area contributed by atoms with Crippen molar-refractivity contribution >= 4 is 48.2 Å². The van der Waals surface area contributed by atoms with Crippen LogP contribution in [0.25, 0.3) is 11.1 Å². The molecule has 0 bridgehead atoms. The van der Waals surface area contributed by atoms with Crippen LogP contribution in [0.15, 0.2) is 71.2 Å². The molecule has 0 unspecified atom stereocenters. The van der Waals surface area contributed by atoms with Crippen LogP contribution in [0.2, 0.25) is 0 Å². The summed E-state index contributed by atoms with van der Waals surface area (Å²) in [6, 6.07) is 18.9. The lowest BCUT2D eigenvalue weighted by Gasteiger charge is -2.38. The Morgan fingerprint density at radius 1 is 0.865 bits per heavy atom. The fraction of sp³-hybridized carbons (Fsp3) is 0.280. The molecule has 6 nitrogen and oxygen atoms in total. The van der Waals surface area contributed by atoms with E-state index in [4.69, 9.17) is 9.05 Å². The Kier molecular flexibility index (Phi) is 10.3. The molecule has 0 amide bonds. The van der Waals surface area contributed by atoms with Crippen molar-refractivity contribution in [2.45, 2.75) is 31.0 Å². The van der Waals surface area contributed by atoms with Gasteiger partial charge in [0.1, 0.15) is 0 Å². The second-order valence-electron chi connectivity index (χ2n) is 7.93. The molecule has 0 saturated carbocycles. The lowest BCUT2D eigenvalue weighted by atomic mass is 10.0. The predicted octanol–water partition coefficient (Wildman–Crippen LogP) is 6.40. The molecular formula is C25H25BrF2O6P2S-2. The highest BCUT2D eigenvalue weighted by Crippen LogP contribution is 2.55. The molecule has 0 spiro atoms. The normalized spacial score (nSPS) is 12.6. The third-order valence-corrected chi connectivity index (χ3v) is 10.1. The van der Waals surface area contributed by atoms with Gasteiger partial charge in [-0.05, 0) is 54.3 Å². The van der Waals surface area contributed by atoms with Crippen LogP contribution in [-0.2, 0) is 35.3 Å². The highest BCUT2D eigenvalue weighted by atomic mass is 79.9. The fourth-order valence-electron chi connectivity index (χ4n) is 3.50. The zero-order valence-electron chi connectivity index (χ0n) is 20.1. The summed E-state index contributed by atoms with van der Waals surface area (Å²) in [7, 11) is -9.52. The van der Waals surface area contributed by atoms with E-state index in [1.165, 1.54) is 12.1 Å². The monoisotopic (exact) mass is 632 g/mol. The molecule has 3 aromatic carbocycles. The van der Waals surface area contributed by atoms with Crippen molar-refractivity contribution in [3.8, 4) is 11.1 Å². The highest BCUT2D eigenvalue weighted by molar-refractivity contribution is 9.10. The van der Waals surface area contributed by atoms with Gasteiger partial charge in [0.15, 0.2) is 0 Å². The molecule has 200 valence electrons. The van der Waals surface area contributed by atoms with Crippen molar-refractivity contribution in [2.75, 3.05) is 13.2 Å². The molecule has 0 fully saturated rings. The SMILES string of the molecule is CCOP(=O)(OCC)c1cccc(-c2ccc(CSCc3ccc(C(F)(F)P(=O)([O-])[O-])c(Br)c3)cc2)c1. The molecule has 0 heterocycles. The van der Waals surface area contributed by atoms with Crippen LogP contribution in [0.3, 0.4) is 0 Å². The lowest BCUT2D eigenvalue weighted by molar-refractivity contribution is -0.335. The van der Waals surface area contributed by atoms with E-state index in [0.717, 1.165) is 22.8 Å². The Morgan fingerprint density at radius 2 is 1.46 bits per heavy atom. The Labute approximate surface area is 227 Å². The Balaban J connectivity index is 1.65. The van der Waals surface area contributed by atoms with Crippen molar-refractivity contribution in [1.29, 1.82) is 0 Å². The molecule has 12 heteroatoms. The molecule has 0 atom stereocenters. The third kappa shape index (κ3) is 7.40. The van der Waals surface area contributed by atoms with Crippen LogP contribution in [0.1, 0.15) is 30.5 Å². The van der Waals surface area contributed by atoms with Crippen LogP contribution in [0, 0.1) is 0 Å². The molecular weight excluding hydrogens is 608 g/mol. The van der Waals surface area contributed by atoms with Crippen LogP contribution in [-0.4, -0.2) is 13.2 Å². The van der Waals surface area contributed by atoms with E-state index in [1.807, 2.05) is 36.4 Å². The van der Waals surface area contributed by atoms with Crippen molar-refractivity contribution in [1.82, 2.24) is 0 Å². The average molecular weight is 633 g/mol. The Hall–Kier alpha value is -1.35. The molecule has 0 aliphatic rings. The second-order valence-corrected chi connectivity index (χ2v) is 13.4. The maximum absolute atomic E-state index is 13.9. The van der Waals surface area contributed by atoms with Crippen molar-refractivity contribution < 1.29 is 36.7 Å². The quantitative estimate of drug-likeness (QED) is 0.213. The summed E-state index contributed by atoms with van der Waals surface area (Å²) in [5, 5.41) is 0.497. The third-order valence-electron chi connectivity index (χ3n) is 5.29. The van der Waals surface area contributed by atoms with Gasteiger partial charge in [-0.25, -0.2) is 0 Å². The van der Waals surface area contributed by atoms with E-state index >= 15 is 0 Å². The summed E-state index contributed by atoms with van der Waals surface area (Å²) in [4.78, 5) is 21.8. The molecule has 0 aliphatic heterocycles. The van der Waals surface area contributed by atoms with Crippen molar-refractivity contribution in [2.24, 2.45) is 0 Å². The van der Waals surface area contributed by atoms with Gasteiger partial charge < -0.3 is 23.4 Å². The smallest absolute Gasteiger partial charge is 0.361 e. The summed E-state index contributed by atoms with van der Waals surface area (Å²) in [6.45, 7) is 4.06. The van der Waals surface area contributed by atoms with Gasteiger partial charge in [-0.15, -0.1) is 0 Å². The summed E-state index contributed by atoms with van der Waals surface area (Å²) in [6.07, 6.45) is 0. The number of rotatable bonds is 12. The van der Waals surface area contributed by atoms with E-state index < -0.39 is 26.4 Å². The minimum atomic E-state index is -6.13. The van der Waals surface area contributed by atoms with Crippen molar-refractivity contribution in [3.05, 3.63) is 87.9 Å². The zero-order chi connectivity index (χ0) is 27.3. The van der Waals surface area contributed by atoms with Gasteiger partial charge in [-0.2, -0.15) is 20.5 Å². The Bertz CT molecular complexity index is 1310. The van der Waals surface area contributed by atoms with Gasteiger partial charge >= 0.3 is 7.60 Å². The standard InChI is InChI=1S/C25H27BrF2O6P2S/c1-3-33-35(29,34-4-2)22-7-5-6-21(15-22)20-11-8-18(9-12-20)16-37-17-19-10-13-23(24(26)14-19)25(27,28)36(30,31)32/h5-15H,3-4,16-17H2,1-2H3,(H2,30,31,32)/p-2. The number of thioether (sulfide) groups is 1. The summed E-state index contributed by atoms with van der Waals surface area (Å²) in [5.41, 5.74) is -1.80. The van der Waals surface area contributed by atoms with Crippen LogP contribution >= 0.6 is 42.9 Å². The number of benzene rings is 3. The van der Waals surface area contributed by atoms with E-state index in [1.54, 1.807) is 37.7 Å². The second kappa shape index (κ2) is 12.7. The first kappa shape index (κ1) is 30.2. The summed E-state index contributed by atoms with van der Waals surface area (Å²) >= 11 is 4.50. The summed E-state index contributed by atoms with van der Waals surface area (Å²) < 4.78 is 62.5. The number of alkyl halides is 2. The van der Waals surface area contributed by atoms with Gasteiger partial charge in [0.2, 0.25) is 0 Å². The van der Waals surface area contributed by atoms with Gasteiger partial charge in [-0.3, -0.25) is 4.57 Å². The number of hydrogen-bond donors (Lipinski definition) is 0. The maximum atomic E-state index is 13.9. The first-order valence-corrected chi connectivity index (χ1v) is 16.3. The van der Waals surface area contributed by atoms with E-state index in [-0.39, 0.29) is 17.7 Å². The van der Waals surface area contributed by atoms with Gasteiger partial charge in [-0.1, -0.05) is 64.5 Å². The molecule has 0 N–H and O–H groups in total. The molecule has 0 aromatic heterocycles. The lowest BCUT2D eigenvalue weighted by Crippen LogP contribution is -2.30. The fourth-order valence-corrected chi connectivity index (χ4v) is 7.38. The van der Waals surface area contributed by atoms with Crippen LogP contribution in [0.5, 0.6) is 0 Å². The first-order chi connectivity index (χ1) is 17.4. The predicted molar refractivity (Wildman–Crippen MR) is 143 cm³/mol. The van der Waals surface area contributed by atoms with E-state index in [9.17, 15) is 27.7 Å². The average Bonchev–Trinajstić information content (AvgIpc) is 2.84. The largest absolute Gasteiger partial charge is 0.806 e. The van der Waals surface area contributed by atoms with E-state index in [2.05, 4.69) is 15.9 Å². The Morgan fingerprint density at radius 3 is 2.03 bits per heavy atom. The molecule has 0 radical (unpaired) electrons. The minimum absolute atomic E-state index is 0.132. The number of halogens is 3. The topological polar surface area (TPSA) is 98.7 Å². The number of hydrogen-bond acceptors (Lipinski definition) is 7. The first-order valence-electron chi connectivity index (χ1n) is 11.3. The van der Waals surface area contributed by atoms with Gasteiger partial charge in [0.25, 0.3) is 5.66 Å². The van der Waals surface area contributed by atoms with Crippen molar-refractivity contribution in [3.63, 3.8) is 0 Å². The maximum Gasteiger partial charge on any atom is 0.361 e. The van der Waals surface area contributed by atoms with E-state index in [0.29, 0.717) is 22.4 Å². The minimum Gasteiger partial charge on any atom is -0.806 e. The van der Waals surface area contributed by atoms with Crippen LogP contribution in [0.4, 0.5) is 8.78 Å². The molecule has 3 aromatic rings. The van der Waals surface area contributed by atoms with Crippen LogP contribution < -0.4 is 15.1 Å². The van der Waals surface area contributed by atoms with Gasteiger partial charge in [0, 0.05) is 29.1 Å².